The molecular weight excluding hydrogens is 236 g/mol. The van der Waals surface area contributed by atoms with Crippen molar-refractivity contribution >= 4 is 17.8 Å². The molecule has 18 heavy (non-hydrogen) atoms. The lowest BCUT2D eigenvalue weighted by Crippen LogP contribution is -2.47. The van der Waals surface area contributed by atoms with Gasteiger partial charge in [-0.05, 0) is 18.3 Å². The highest BCUT2D eigenvalue weighted by Gasteiger charge is 2.40. The summed E-state index contributed by atoms with van der Waals surface area (Å²) >= 11 is 0. The Morgan fingerprint density at radius 2 is 2.06 bits per heavy atom. The molecule has 1 saturated carbocycles. The summed E-state index contributed by atoms with van der Waals surface area (Å²) in [5.41, 5.74) is 4.83. The first kappa shape index (κ1) is 14.5. The lowest BCUT2D eigenvalue weighted by atomic mass is 9.81. The highest BCUT2D eigenvalue weighted by atomic mass is 16.4. The van der Waals surface area contributed by atoms with Crippen molar-refractivity contribution < 1.29 is 19.5 Å². The van der Waals surface area contributed by atoms with E-state index in [-0.39, 0.29) is 23.7 Å². The number of hydrogen-bond donors (Lipinski definition) is 3. The van der Waals surface area contributed by atoms with Gasteiger partial charge in [0.25, 0.3) is 0 Å². The molecule has 0 heterocycles. The van der Waals surface area contributed by atoms with Crippen LogP contribution in [0.3, 0.4) is 0 Å². The van der Waals surface area contributed by atoms with Crippen molar-refractivity contribution in [3.63, 3.8) is 0 Å². The lowest BCUT2D eigenvalue weighted by molar-refractivity contribution is -0.144. The minimum atomic E-state index is -1.24. The fourth-order valence-electron chi connectivity index (χ4n) is 2.49. The average molecular weight is 256 g/mol. The van der Waals surface area contributed by atoms with Gasteiger partial charge >= 0.3 is 5.97 Å². The number of carbonyl (C=O) groups excluding carboxylic acids is 2. The first-order valence-corrected chi connectivity index (χ1v) is 6.05. The Bertz CT molecular complexity index is 365. The molecule has 1 aliphatic rings. The van der Waals surface area contributed by atoms with Gasteiger partial charge in [-0.3, -0.25) is 9.59 Å². The maximum Gasteiger partial charge on any atom is 0.326 e. The Morgan fingerprint density at radius 3 is 2.44 bits per heavy atom. The predicted molar refractivity (Wildman–Crippen MR) is 64.5 cm³/mol. The van der Waals surface area contributed by atoms with E-state index in [0.717, 1.165) is 19.3 Å². The third-order valence-corrected chi connectivity index (χ3v) is 3.59. The van der Waals surface area contributed by atoms with Gasteiger partial charge in [0.05, 0.1) is 6.42 Å². The molecule has 2 amide bonds. The van der Waals surface area contributed by atoms with Crippen LogP contribution in [-0.2, 0) is 14.4 Å². The second kappa shape index (κ2) is 5.37. The van der Waals surface area contributed by atoms with Crippen LogP contribution in [0, 0.1) is 11.3 Å². The fourth-order valence-corrected chi connectivity index (χ4v) is 2.49. The number of amides is 2. The molecule has 4 N–H and O–H groups in total. The van der Waals surface area contributed by atoms with Gasteiger partial charge in [0, 0.05) is 5.92 Å². The quantitative estimate of drug-likeness (QED) is 0.655. The number of hydrogen-bond acceptors (Lipinski definition) is 3. The van der Waals surface area contributed by atoms with E-state index in [2.05, 4.69) is 5.32 Å². The van der Waals surface area contributed by atoms with Crippen molar-refractivity contribution in [2.75, 3.05) is 0 Å². The Balaban J connectivity index is 2.67. The SMILES string of the molecule is CC1(C)CCCC1C(=O)N[C@@H](CC(N)=O)C(=O)O. The maximum atomic E-state index is 12.0. The summed E-state index contributed by atoms with van der Waals surface area (Å²) in [7, 11) is 0. The highest BCUT2D eigenvalue weighted by molar-refractivity contribution is 5.89. The van der Waals surface area contributed by atoms with Crippen LogP contribution < -0.4 is 11.1 Å². The minimum Gasteiger partial charge on any atom is -0.480 e. The van der Waals surface area contributed by atoms with Gasteiger partial charge < -0.3 is 16.2 Å². The standard InChI is InChI=1S/C12H20N2O4/c1-12(2)5-3-4-7(12)10(16)14-8(11(17)18)6-9(13)15/h7-8H,3-6H2,1-2H3,(H2,13,15)(H,14,16)(H,17,18)/t7?,8-/m0/s1. The molecule has 0 aromatic carbocycles. The van der Waals surface area contributed by atoms with Crippen molar-refractivity contribution in [1.82, 2.24) is 5.32 Å². The molecule has 6 nitrogen and oxygen atoms in total. The third kappa shape index (κ3) is 3.45. The molecule has 0 bridgehead atoms. The highest BCUT2D eigenvalue weighted by Crippen LogP contribution is 2.42. The Hall–Kier alpha value is -1.59. The van der Waals surface area contributed by atoms with Gasteiger partial charge in [-0.1, -0.05) is 20.3 Å². The van der Waals surface area contributed by atoms with Crippen LogP contribution in [0.4, 0.5) is 0 Å². The van der Waals surface area contributed by atoms with E-state index in [1.54, 1.807) is 0 Å². The number of carbonyl (C=O) groups is 3. The molecular formula is C12H20N2O4. The van der Waals surface area contributed by atoms with Crippen molar-refractivity contribution in [3.05, 3.63) is 0 Å². The van der Waals surface area contributed by atoms with Gasteiger partial charge in [-0.15, -0.1) is 0 Å². The Kier molecular flexibility index (Phi) is 4.32. The van der Waals surface area contributed by atoms with Crippen LogP contribution in [0.2, 0.25) is 0 Å². The number of nitrogens with one attached hydrogen (secondary N) is 1. The molecule has 0 saturated heterocycles. The van der Waals surface area contributed by atoms with Gasteiger partial charge in [-0.25, -0.2) is 4.79 Å². The molecule has 1 rings (SSSR count). The van der Waals surface area contributed by atoms with Crippen molar-refractivity contribution in [3.8, 4) is 0 Å². The molecule has 1 unspecified atom stereocenters. The zero-order chi connectivity index (χ0) is 13.9. The van der Waals surface area contributed by atoms with E-state index >= 15 is 0 Å². The van der Waals surface area contributed by atoms with E-state index < -0.39 is 17.9 Å². The van der Waals surface area contributed by atoms with Gasteiger partial charge in [0.2, 0.25) is 11.8 Å². The average Bonchev–Trinajstić information content (AvgIpc) is 2.56. The first-order valence-electron chi connectivity index (χ1n) is 6.05. The normalized spacial score (nSPS) is 23.3. The number of carboxylic acids is 1. The maximum absolute atomic E-state index is 12.0. The largest absolute Gasteiger partial charge is 0.480 e. The van der Waals surface area contributed by atoms with E-state index in [1.807, 2.05) is 13.8 Å². The second-order valence-corrected chi connectivity index (χ2v) is 5.50. The second-order valence-electron chi connectivity index (χ2n) is 5.50. The van der Waals surface area contributed by atoms with E-state index in [9.17, 15) is 14.4 Å². The van der Waals surface area contributed by atoms with Crippen molar-refractivity contribution in [2.24, 2.45) is 17.1 Å². The number of aliphatic carboxylic acids is 1. The third-order valence-electron chi connectivity index (χ3n) is 3.59. The van der Waals surface area contributed by atoms with E-state index in [0.29, 0.717) is 0 Å². The van der Waals surface area contributed by atoms with Crippen LogP contribution in [-0.4, -0.2) is 28.9 Å². The lowest BCUT2D eigenvalue weighted by Gasteiger charge is -2.27. The molecule has 0 aromatic heterocycles. The van der Waals surface area contributed by atoms with Gasteiger partial charge in [-0.2, -0.15) is 0 Å². The monoisotopic (exact) mass is 256 g/mol. The predicted octanol–water partition coefficient (Wildman–Crippen LogP) is 0.258. The number of nitrogens with two attached hydrogens (primary N) is 1. The summed E-state index contributed by atoms with van der Waals surface area (Å²) in [6.45, 7) is 3.99. The van der Waals surface area contributed by atoms with Crippen LogP contribution in [0.5, 0.6) is 0 Å². The van der Waals surface area contributed by atoms with Crippen molar-refractivity contribution in [1.29, 1.82) is 0 Å². The molecule has 2 atom stereocenters. The molecule has 102 valence electrons. The molecule has 0 aromatic rings. The number of primary amides is 1. The van der Waals surface area contributed by atoms with Gasteiger partial charge in [0.15, 0.2) is 0 Å². The van der Waals surface area contributed by atoms with Crippen molar-refractivity contribution in [2.45, 2.75) is 45.6 Å². The minimum absolute atomic E-state index is 0.125. The summed E-state index contributed by atoms with van der Waals surface area (Å²) in [5, 5.41) is 11.3. The molecule has 6 heteroatoms. The summed E-state index contributed by atoms with van der Waals surface area (Å²) in [5.74, 6) is -2.48. The molecule has 0 aliphatic heterocycles. The Labute approximate surface area is 106 Å². The Morgan fingerprint density at radius 1 is 1.44 bits per heavy atom. The molecule has 0 spiro atoms. The summed E-state index contributed by atoms with van der Waals surface area (Å²) in [6.07, 6.45) is 2.27. The molecule has 1 fully saturated rings. The van der Waals surface area contributed by atoms with Gasteiger partial charge in [0.1, 0.15) is 6.04 Å². The molecule has 1 aliphatic carbocycles. The first-order chi connectivity index (χ1) is 8.24. The zero-order valence-corrected chi connectivity index (χ0v) is 10.7. The van der Waals surface area contributed by atoms with Crippen LogP contribution >= 0.6 is 0 Å². The smallest absolute Gasteiger partial charge is 0.326 e. The summed E-state index contributed by atoms with van der Waals surface area (Å²) in [4.78, 5) is 33.7. The summed E-state index contributed by atoms with van der Waals surface area (Å²) in [6, 6.07) is -1.23. The van der Waals surface area contributed by atoms with Crippen LogP contribution in [0.15, 0.2) is 0 Å². The van der Waals surface area contributed by atoms with E-state index in [4.69, 9.17) is 10.8 Å². The fraction of sp³-hybridized carbons (Fsp3) is 0.750. The molecule has 0 radical (unpaired) electrons. The number of carboxylic acid groups (broad SMARTS) is 1. The van der Waals surface area contributed by atoms with E-state index in [1.165, 1.54) is 0 Å². The summed E-state index contributed by atoms with van der Waals surface area (Å²) < 4.78 is 0. The zero-order valence-electron chi connectivity index (χ0n) is 10.7. The number of rotatable bonds is 5. The van der Waals surface area contributed by atoms with Crippen LogP contribution in [0.1, 0.15) is 39.5 Å². The topological polar surface area (TPSA) is 109 Å². The van der Waals surface area contributed by atoms with Crippen LogP contribution in [0.25, 0.3) is 0 Å².